The van der Waals surface area contributed by atoms with Crippen molar-refractivity contribution in [1.82, 2.24) is 10.2 Å². The van der Waals surface area contributed by atoms with Gasteiger partial charge >= 0.3 is 0 Å². The lowest BCUT2D eigenvalue weighted by Crippen LogP contribution is -2.12. The first-order valence-electron chi connectivity index (χ1n) is 8.29. The molecule has 0 bridgehead atoms. The van der Waals surface area contributed by atoms with E-state index in [0.717, 1.165) is 17.7 Å². The summed E-state index contributed by atoms with van der Waals surface area (Å²) in [5.74, 6) is 0.223. The zero-order chi connectivity index (χ0) is 19.6. The maximum absolute atomic E-state index is 13.0. The largest absolute Gasteiger partial charge is 0.416 e. The van der Waals surface area contributed by atoms with Crippen molar-refractivity contribution in [3.8, 4) is 22.9 Å². The molecule has 0 amide bonds. The Labute approximate surface area is 160 Å². The number of rotatable bonds is 5. The third kappa shape index (κ3) is 3.77. The van der Waals surface area contributed by atoms with Crippen LogP contribution in [0.4, 0.5) is 10.1 Å². The van der Waals surface area contributed by atoms with E-state index in [1.54, 1.807) is 24.3 Å². The average molecular weight is 395 g/mol. The molecule has 0 spiro atoms. The zero-order valence-corrected chi connectivity index (χ0v) is 15.2. The molecule has 0 aliphatic rings. The lowest BCUT2D eigenvalue weighted by molar-refractivity contribution is 0.584. The van der Waals surface area contributed by atoms with E-state index in [-0.39, 0.29) is 4.90 Å². The summed E-state index contributed by atoms with van der Waals surface area (Å²) in [6, 6.07) is 20.5. The standard InChI is InChI=1S/C20H14FN3O3S/c21-16-8-12-18(13-9-16)28(25,26)24-17-10-6-15(7-11-17)20-23-22-19(27-20)14-4-2-1-3-5-14/h1-13,24H. The fourth-order valence-electron chi connectivity index (χ4n) is 2.55. The van der Waals surface area contributed by atoms with E-state index in [2.05, 4.69) is 14.9 Å². The molecule has 140 valence electrons. The van der Waals surface area contributed by atoms with Crippen LogP contribution in [0, 0.1) is 5.82 Å². The second kappa shape index (κ2) is 7.24. The fourth-order valence-corrected chi connectivity index (χ4v) is 3.60. The molecule has 1 N–H and O–H groups in total. The highest BCUT2D eigenvalue weighted by molar-refractivity contribution is 7.92. The van der Waals surface area contributed by atoms with Gasteiger partial charge in [0, 0.05) is 16.8 Å². The smallest absolute Gasteiger partial charge is 0.261 e. The highest BCUT2D eigenvalue weighted by Crippen LogP contribution is 2.25. The van der Waals surface area contributed by atoms with Crippen LogP contribution < -0.4 is 4.72 Å². The Kier molecular flexibility index (Phi) is 4.62. The molecule has 6 nitrogen and oxygen atoms in total. The molecule has 4 rings (SSSR count). The number of hydrogen-bond donors (Lipinski definition) is 1. The Morgan fingerprint density at radius 1 is 0.750 bits per heavy atom. The lowest BCUT2D eigenvalue weighted by atomic mass is 10.2. The zero-order valence-electron chi connectivity index (χ0n) is 14.4. The van der Waals surface area contributed by atoms with Crippen LogP contribution in [0.3, 0.4) is 0 Å². The summed E-state index contributed by atoms with van der Waals surface area (Å²) in [6.45, 7) is 0. The number of hydrogen-bond acceptors (Lipinski definition) is 5. The summed E-state index contributed by atoms with van der Waals surface area (Å²) in [5.41, 5.74) is 1.82. The Morgan fingerprint density at radius 2 is 1.32 bits per heavy atom. The number of anilines is 1. The van der Waals surface area contributed by atoms with Crippen LogP contribution in [0.5, 0.6) is 0 Å². The van der Waals surface area contributed by atoms with E-state index in [4.69, 9.17) is 4.42 Å². The first-order chi connectivity index (χ1) is 13.5. The molecule has 8 heteroatoms. The second-order valence-electron chi connectivity index (χ2n) is 5.92. The van der Waals surface area contributed by atoms with E-state index in [1.165, 1.54) is 12.1 Å². The van der Waals surface area contributed by atoms with Crippen molar-refractivity contribution in [2.45, 2.75) is 4.90 Å². The van der Waals surface area contributed by atoms with Crippen molar-refractivity contribution in [3.63, 3.8) is 0 Å². The van der Waals surface area contributed by atoms with Gasteiger partial charge in [-0.25, -0.2) is 12.8 Å². The van der Waals surface area contributed by atoms with Gasteiger partial charge < -0.3 is 4.42 Å². The van der Waals surface area contributed by atoms with Crippen molar-refractivity contribution >= 4 is 15.7 Å². The summed E-state index contributed by atoms with van der Waals surface area (Å²) < 4.78 is 45.8. The topological polar surface area (TPSA) is 85.1 Å². The molecule has 0 radical (unpaired) electrons. The molecule has 4 aromatic rings. The van der Waals surface area contributed by atoms with Gasteiger partial charge in [0.1, 0.15) is 5.82 Å². The maximum atomic E-state index is 13.0. The molecule has 3 aromatic carbocycles. The highest BCUT2D eigenvalue weighted by atomic mass is 32.2. The van der Waals surface area contributed by atoms with Crippen LogP contribution in [0.1, 0.15) is 0 Å². The third-order valence-electron chi connectivity index (χ3n) is 3.95. The lowest BCUT2D eigenvalue weighted by Gasteiger charge is -2.08. The van der Waals surface area contributed by atoms with Gasteiger partial charge in [0.25, 0.3) is 10.0 Å². The highest BCUT2D eigenvalue weighted by Gasteiger charge is 2.15. The predicted octanol–water partition coefficient (Wildman–Crippen LogP) is 4.34. The van der Waals surface area contributed by atoms with Crippen LogP contribution in [-0.4, -0.2) is 18.6 Å². The van der Waals surface area contributed by atoms with Crippen LogP contribution in [0.15, 0.2) is 88.2 Å². The quantitative estimate of drug-likeness (QED) is 0.543. The van der Waals surface area contributed by atoms with Crippen LogP contribution in [-0.2, 0) is 10.0 Å². The van der Waals surface area contributed by atoms with Gasteiger partial charge in [0.2, 0.25) is 11.8 Å². The third-order valence-corrected chi connectivity index (χ3v) is 5.35. The predicted molar refractivity (Wildman–Crippen MR) is 102 cm³/mol. The minimum absolute atomic E-state index is 0.0256. The Hall–Kier alpha value is -3.52. The van der Waals surface area contributed by atoms with Gasteiger partial charge in [-0.1, -0.05) is 18.2 Å². The summed E-state index contributed by atoms with van der Waals surface area (Å²) in [6.07, 6.45) is 0. The summed E-state index contributed by atoms with van der Waals surface area (Å²) in [4.78, 5) is -0.0256. The number of nitrogens with zero attached hydrogens (tertiary/aromatic N) is 2. The minimum Gasteiger partial charge on any atom is -0.416 e. The molecular weight excluding hydrogens is 381 g/mol. The normalized spacial score (nSPS) is 11.3. The molecule has 0 atom stereocenters. The monoisotopic (exact) mass is 395 g/mol. The second-order valence-corrected chi connectivity index (χ2v) is 7.60. The summed E-state index contributed by atoms with van der Waals surface area (Å²) in [5, 5.41) is 8.06. The van der Waals surface area contributed by atoms with Gasteiger partial charge in [-0.05, 0) is 60.7 Å². The van der Waals surface area contributed by atoms with E-state index in [0.29, 0.717) is 23.0 Å². The van der Waals surface area contributed by atoms with Gasteiger partial charge in [0.15, 0.2) is 0 Å². The maximum Gasteiger partial charge on any atom is 0.261 e. The SMILES string of the molecule is O=S(=O)(Nc1ccc(-c2nnc(-c3ccccc3)o2)cc1)c1ccc(F)cc1. The van der Waals surface area contributed by atoms with Gasteiger partial charge in [-0.2, -0.15) is 0 Å². The van der Waals surface area contributed by atoms with E-state index < -0.39 is 15.8 Å². The molecule has 0 aliphatic carbocycles. The van der Waals surface area contributed by atoms with Crippen molar-refractivity contribution in [2.24, 2.45) is 0 Å². The Morgan fingerprint density at radius 3 is 1.93 bits per heavy atom. The first-order valence-corrected chi connectivity index (χ1v) is 9.77. The molecule has 1 aromatic heterocycles. The van der Waals surface area contributed by atoms with E-state index >= 15 is 0 Å². The van der Waals surface area contributed by atoms with Crippen molar-refractivity contribution in [2.75, 3.05) is 4.72 Å². The van der Waals surface area contributed by atoms with Crippen LogP contribution >= 0.6 is 0 Å². The summed E-state index contributed by atoms with van der Waals surface area (Å²) in [7, 11) is -3.81. The van der Waals surface area contributed by atoms with Gasteiger partial charge in [0.05, 0.1) is 4.90 Å². The van der Waals surface area contributed by atoms with Gasteiger partial charge in [-0.15, -0.1) is 10.2 Å². The average Bonchev–Trinajstić information content (AvgIpc) is 3.19. The number of benzene rings is 3. The molecule has 1 heterocycles. The van der Waals surface area contributed by atoms with Crippen molar-refractivity contribution in [3.05, 3.63) is 84.7 Å². The van der Waals surface area contributed by atoms with E-state index in [9.17, 15) is 12.8 Å². The summed E-state index contributed by atoms with van der Waals surface area (Å²) >= 11 is 0. The first kappa shape index (κ1) is 17.9. The minimum atomic E-state index is -3.81. The number of aromatic nitrogens is 2. The van der Waals surface area contributed by atoms with Crippen LogP contribution in [0.25, 0.3) is 22.9 Å². The van der Waals surface area contributed by atoms with Crippen molar-refractivity contribution in [1.29, 1.82) is 0 Å². The fraction of sp³-hybridized carbons (Fsp3) is 0. The molecular formula is C20H14FN3O3S. The number of halogens is 1. The molecule has 0 saturated heterocycles. The molecule has 28 heavy (non-hydrogen) atoms. The van der Waals surface area contributed by atoms with E-state index in [1.807, 2.05) is 30.3 Å². The molecule has 0 fully saturated rings. The molecule has 0 unspecified atom stereocenters. The number of sulfonamides is 1. The van der Waals surface area contributed by atoms with Gasteiger partial charge in [-0.3, -0.25) is 4.72 Å². The number of nitrogens with one attached hydrogen (secondary N) is 1. The molecule has 0 aliphatic heterocycles. The van der Waals surface area contributed by atoms with Crippen molar-refractivity contribution < 1.29 is 17.2 Å². The molecule has 0 saturated carbocycles. The Bertz CT molecular complexity index is 1190. The van der Waals surface area contributed by atoms with Crippen LogP contribution in [0.2, 0.25) is 0 Å². The Balaban J connectivity index is 1.53.